The molecule has 0 bridgehead atoms. The Balaban J connectivity index is 2.58. The summed E-state index contributed by atoms with van der Waals surface area (Å²) in [4.78, 5) is 11.4. The highest BCUT2D eigenvalue weighted by molar-refractivity contribution is 6.25. The Kier molecular flexibility index (Phi) is 4.91. The molecule has 0 aromatic heterocycles. The SMILES string of the molecule is CCc1ccc(C(=O)OC/C=C/Cl)cc1. The zero-order valence-electron chi connectivity index (χ0n) is 8.57. The molecule has 0 aliphatic carbocycles. The smallest absolute Gasteiger partial charge is 0.338 e. The minimum atomic E-state index is -0.326. The van der Waals surface area contributed by atoms with Crippen molar-refractivity contribution in [2.45, 2.75) is 13.3 Å². The first-order valence-corrected chi connectivity index (χ1v) is 5.23. The fourth-order valence-corrected chi connectivity index (χ4v) is 1.19. The standard InChI is InChI=1S/C12H13ClO2/c1-2-10-4-6-11(7-5-10)12(14)15-9-3-8-13/h3-8H,2,9H2,1H3/b8-3+. The fraction of sp³-hybridized carbons (Fsp3) is 0.250. The first kappa shape index (κ1) is 11.8. The molecular weight excluding hydrogens is 212 g/mol. The molecule has 0 aliphatic rings. The molecule has 0 saturated carbocycles. The van der Waals surface area contributed by atoms with Crippen LogP contribution in [-0.4, -0.2) is 12.6 Å². The molecule has 1 aromatic rings. The lowest BCUT2D eigenvalue weighted by molar-refractivity contribution is 0.0549. The van der Waals surface area contributed by atoms with Gasteiger partial charge in [0.05, 0.1) is 5.56 Å². The van der Waals surface area contributed by atoms with Crippen molar-refractivity contribution in [1.82, 2.24) is 0 Å². The van der Waals surface area contributed by atoms with E-state index in [4.69, 9.17) is 16.3 Å². The van der Waals surface area contributed by atoms with E-state index in [2.05, 4.69) is 6.92 Å². The number of benzene rings is 1. The van der Waals surface area contributed by atoms with Gasteiger partial charge in [0.2, 0.25) is 0 Å². The van der Waals surface area contributed by atoms with E-state index in [1.807, 2.05) is 12.1 Å². The maximum absolute atomic E-state index is 11.4. The molecular formula is C12H13ClO2. The van der Waals surface area contributed by atoms with Gasteiger partial charge in [-0.1, -0.05) is 30.7 Å². The van der Waals surface area contributed by atoms with Crippen LogP contribution in [-0.2, 0) is 11.2 Å². The highest BCUT2D eigenvalue weighted by Gasteiger charge is 2.04. The Morgan fingerprint density at radius 3 is 2.60 bits per heavy atom. The van der Waals surface area contributed by atoms with Gasteiger partial charge in [-0.3, -0.25) is 0 Å². The molecule has 0 atom stereocenters. The molecule has 0 unspecified atom stereocenters. The van der Waals surface area contributed by atoms with Crippen molar-refractivity contribution in [3.63, 3.8) is 0 Å². The molecule has 0 heterocycles. The van der Waals surface area contributed by atoms with Crippen LogP contribution in [0.2, 0.25) is 0 Å². The summed E-state index contributed by atoms with van der Waals surface area (Å²) in [7, 11) is 0. The molecule has 0 amide bonds. The second kappa shape index (κ2) is 6.25. The first-order valence-electron chi connectivity index (χ1n) is 4.79. The number of rotatable bonds is 4. The van der Waals surface area contributed by atoms with Gasteiger partial charge in [0, 0.05) is 5.54 Å². The summed E-state index contributed by atoms with van der Waals surface area (Å²) in [6, 6.07) is 7.39. The van der Waals surface area contributed by atoms with Crippen LogP contribution in [0.25, 0.3) is 0 Å². The summed E-state index contributed by atoms with van der Waals surface area (Å²) >= 11 is 5.30. The third kappa shape index (κ3) is 3.76. The molecule has 0 radical (unpaired) electrons. The van der Waals surface area contributed by atoms with Gasteiger partial charge >= 0.3 is 5.97 Å². The Morgan fingerprint density at radius 2 is 2.07 bits per heavy atom. The summed E-state index contributed by atoms with van der Waals surface area (Å²) in [6.45, 7) is 2.27. The average molecular weight is 225 g/mol. The van der Waals surface area contributed by atoms with Crippen LogP contribution in [0.5, 0.6) is 0 Å². The molecule has 2 nitrogen and oxygen atoms in total. The Bertz CT molecular complexity index is 341. The summed E-state index contributed by atoms with van der Waals surface area (Å²) in [5.41, 5.74) is 3.09. The van der Waals surface area contributed by atoms with Gasteiger partial charge in [0.1, 0.15) is 6.61 Å². The Labute approximate surface area is 94.5 Å². The number of carbonyl (C=O) groups excluding carboxylic acids is 1. The predicted molar refractivity (Wildman–Crippen MR) is 61.1 cm³/mol. The van der Waals surface area contributed by atoms with E-state index in [1.165, 1.54) is 11.1 Å². The molecule has 0 N–H and O–H groups in total. The van der Waals surface area contributed by atoms with Crippen LogP contribution in [0, 0.1) is 0 Å². The molecule has 0 aliphatic heterocycles. The third-order valence-corrected chi connectivity index (χ3v) is 2.18. The Hall–Kier alpha value is -1.28. The van der Waals surface area contributed by atoms with Gasteiger partial charge < -0.3 is 4.74 Å². The highest BCUT2D eigenvalue weighted by Crippen LogP contribution is 2.06. The van der Waals surface area contributed by atoms with Crippen molar-refractivity contribution in [1.29, 1.82) is 0 Å². The zero-order chi connectivity index (χ0) is 11.1. The third-order valence-electron chi connectivity index (χ3n) is 2.00. The summed E-state index contributed by atoms with van der Waals surface area (Å²) in [5, 5.41) is 0. The largest absolute Gasteiger partial charge is 0.458 e. The molecule has 0 saturated heterocycles. The fourth-order valence-electron chi connectivity index (χ4n) is 1.12. The van der Waals surface area contributed by atoms with Crippen molar-refractivity contribution in [2.75, 3.05) is 6.61 Å². The number of ether oxygens (including phenoxy) is 1. The maximum atomic E-state index is 11.4. The second-order valence-corrected chi connectivity index (χ2v) is 3.26. The van der Waals surface area contributed by atoms with Gasteiger partial charge in [-0.05, 0) is 30.2 Å². The molecule has 15 heavy (non-hydrogen) atoms. The van der Waals surface area contributed by atoms with E-state index in [0.29, 0.717) is 5.56 Å². The number of carbonyl (C=O) groups is 1. The van der Waals surface area contributed by atoms with Crippen molar-refractivity contribution >= 4 is 17.6 Å². The lowest BCUT2D eigenvalue weighted by atomic mass is 10.1. The van der Waals surface area contributed by atoms with Crippen LogP contribution >= 0.6 is 11.6 Å². The number of halogens is 1. The van der Waals surface area contributed by atoms with E-state index in [-0.39, 0.29) is 12.6 Å². The van der Waals surface area contributed by atoms with E-state index in [1.54, 1.807) is 18.2 Å². The molecule has 3 heteroatoms. The van der Waals surface area contributed by atoms with Crippen LogP contribution < -0.4 is 0 Å². The van der Waals surface area contributed by atoms with Crippen LogP contribution in [0.15, 0.2) is 35.9 Å². The van der Waals surface area contributed by atoms with Gasteiger partial charge in [0.15, 0.2) is 0 Å². The molecule has 0 fully saturated rings. The van der Waals surface area contributed by atoms with E-state index in [0.717, 1.165) is 6.42 Å². The van der Waals surface area contributed by atoms with Crippen LogP contribution in [0.3, 0.4) is 0 Å². The van der Waals surface area contributed by atoms with Crippen molar-refractivity contribution in [2.24, 2.45) is 0 Å². The number of hydrogen-bond acceptors (Lipinski definition) is 2. The first-order chi connectivity index (χ1) is 7.27. The van der Waals surface area contributed by atoms with E-state index < -0.39 is 0 Å². The molecule has 1 rings (SSSR count). The summed E-state index contributed by atoms with van der Waals surface area (Å²) in [5.74, 6) is -0.326. The monoisotopic (exact) mass is 224 g/mol. The maximum Gasteiger partial charge on any atom is 0.338 e. The van der Waals surface area contributed by atoms with Gasteiger partial charge in [-0.25, -0.2) is 4.79 Å². The van der Waals surface area contributed by atoms with Crippen molar-refractivity contribution < 1.29 is 9.53 Å². The van der Waals surface area contributed by atoms with Crippen LogP contribution in [0.1, 0.15) is 22.8 Å². The van der Waals surface area contributed by atoms with Crippen molar-refractivity contribution in [3.8, 4) is 0 Å². The average Bonchev–Trinajstić information content (AvgIpc) is 2.29. The molecule has 1 aromatic carbocycles. The van der Waals surface area contributed by atoms with Crippen molar-refractivity contribution in [3.05, 3.63) is 47.0 Å². The number of hydrogen-bond donors (Lipinski definition) is 0. The van der Waals surface area contributed by atoms with E-state index in [9.17, 15) is 4.79 Å². The quantitative estimate of drug-likeness (QED) is 0.735. The highest BCUT2D eigenvalue weighted by atomic mass is 35.5. The van der Waals surface area contributed by atoms with Gasteiger partial charge in [-0.15, -0.1) is 0 Å². The molecule has 80 valence electrons. The lowest BCUT2D eigenvalue weighted by Crippen LogP contribution is -2.04. The van der Waals surface area contributed by atoms with Gasteiger partial charge in [-0.2, -0.15) is 0 Å². The predicted octanol–water partition coefficient (Wildman–Crippen LogP) is 3.16. The summed E-state index contributed by atoms with van der Waals surface area (Å²) < 4.78 is 4.93. The lowest BCUT2D eigenvalue weighted by Gasteiger charge is -2.02. The topological polar surface area (TPSA) is 26.3 Å². The summed E-state index contributed by atoms with van der Waals surface area (Å²) in [6.07, 6.45) is 2.53. The number of esters is 1. The minimum absolute atomic E-state index is 0.206. The molecule has 0 spiro atoms. The Morgan fingerprint density at radius 1 is 1.40 bits per heavy atom. The normalized spacial score (nSPS) is 10.5. The zero-order valence-corrected chi connectivity index (χ0v) is 9.33. The van der Waals surface area contributed by atoms with E-state index >= 15 is 0 Å². The van der Waals surface area contributed by atoms with Gasteiger partial charge in [0.25, 0.3) is 0 Å². The van der Waals surface area contributed by atoms with Crippen LogP contribution in [0.4, 0.5) is 0 Å². The minimum Gasteiger partial charge on any atom is -0.458 e. The number of aryl methyl sites for hydroxylation is 1. The second-order valence-electron chi connectivity index (χ2n) is 3.01.